The number of anilines is 1. The number of hydrogen-bond acceptors (Lipinski definition) is 6. The number of hydrogen-bond donors (Lipinski definition) is 0. The van der Waals surface area contributed by atoms with Crippen LogP contribution in [0.4, 0.5) is 10.1 Å². The molecule has 0 atom stereocenters. The van der Waals surface area contributed by atoms with Crippen LogP contribution in [-0.4, -0.2) is 53.6 Å². The van der Waals surface area contributed by atoms with E-state index in [2.05, 4.69) is 9.88 Å². The Hall–Kier alpha value is -3.72. The minimum Gasteiger partial charge on any atom is -0.495 e. The number of amides is 1. The number of aryl methyl sites for hydroxylation is 1. The number of ether oxygens (including phenoxy) is 1. The van der Waals surface area contributed by atoms with Gasteiger partial charge in [0.05, 0.1) is 35.9 Å². The summed E-state index contributed by atoms with van der Waals surface area (Å²) in [4.78, 5) is 36.1. The molecule has 2 aromatic heterocycles. The number of aromatic nitrogens is 2. The fraction of sp³-hybridized carbons (Fsp3) is 0.269. The van der Waals surface area contributed by atoms with Crippen LogP contribution in [0.15, 0.2) is 59.7 Å². The van der Waals surface area contributed by atoms with E-state index in [4.69, 9.17) is 4.74 Å². The average molecular weight is 493 g/mol. The quantitative estimate of drug-likeness (QED) is 0.422. The number of methoxy groups -OCH3 is 1. The van der Waals surface area contributed by atoms with Gasteiger partial charge in [0.2, 0.25) is 0 Å². The highest BCUT2D eigenvalue weighted by atomic mass is 32.1. The van der Waals surface area contributed by atoms with Gasteiger partial charge in [-0.05, 0) is 30.7 Å². The van der Waals surface area contributed by atoms with E-state index in [-0.39, 0.29) is 23.8 Å². The molecular weight excluding hydrogens is 467 g/mol. The summed E-state index contributed by atoms with van der Waals surface area (Å²) in [5.41, 5.74) is 1.78. The molecule has 35 heavy (non-hydrogen) atoms. The number of benzene rings is 2. The van der Waals surface area contributed by atoms with Crippen molar-refractivity contribution in [2.45, 2.75) is 13.5 Å². The summed E-state index contributed by atoms with van der Waals surface area (Å²) in [5.74, 6) is 0.347. The van der Waals surface area contributed by atoms with Crippen LogP contribution in [0.25, 0.3) is 10.2 Å². The first-order valence-corrected chi connectivity index (χ1v) is 12.2. The predicted octanol–water partition coefficient (Wildman–Crippen LogP) is 3.92. The summed E-state index contributed by atoms with van der Waals surface area (Å²) in [7, 11) is 1.65. The number of piperazine rings is 1. The Morgan fingerprint density at radius 2 is 1.80 bits per heavy atom. The molecule has 1 saturated heterocycles. The highest BCUT2D eigenvalue weighted by Crippen LogP contribution is 2.31. The minimum atomic E-state index is -0.371. The maximum Gasteiger partial charge on any atom is 0.264 e. The van der Waals surface area contributed by atoms with Crippen molar-refractivity contribution in [3.63, 3.8) is 0 Å². The number of para-hydroxylation sites is 2. The summed E-state index contributed by atoms with van der Waals surface area (Å²) in [5, 5.41) is 0.421. The molecule has 0 bridgehead atoms. The van der Waals surface area contributed by atoms with Gasteiger partial charge in [0.25, 0.3) is 11.5 Å². The smallest absolute Gasteiger partial charge is 0.264 e. The van der Waals surface area contributed by atoms with Crippen LogP contribution in [-0.2, 0) is 6.54 Å². The van der Waals surface area contributed by atoms with Crippen LogP contribution in [0.5, 0.6) is 5.75 Å². The maximum atomic E-state index is 14.1. The van der Waals surface area contributed by atoms with Gasteiger partial charge in [0.1, 0.15) is 16.4 Å². The van der Waals surface area contributed by atoms with E-state index in [0.29, 0.717) is 52.4 Å². The third-order valence-electron chi connectivity index (χ3n) is 6.40. The molecular formula is C26H25FN4O3S. The number of carbonyl (C=O) groups is 1. The molecule has 180 valence electrons. The van der Waals surface area contributed by atoms with E-state index >= 15 is 0 Å². The zero-order chi connectivity index (χ0) is 24.5. The molecule has 3 heterocycles. The lowest BCUT2D eigenvalue weighted by atomic mass is 10.1. The van der Waals surface area contributed by atoms with Gasteiger partial charge in [-0.15, -0.1) is 11.3 Å². The van der Waals surface area contributed by atoms with Crippen molar-refractivity contribution in [3.8, 4) is 5.75 Å². The van der Waals surface area contributed by atoms with Crippen molar-refractivity contribution >= 4 is 33.1 Å². The lowest BCUT2D eigenvalue weighted by Crippen LogP contribution is -2.48. The van der Waals surface area contributed by atoms with Gasteiger partial charge < -0.3 is 14.5 Å². The van der Waals surface area contributed by atoms with Crippen LogP contribution in [0.3, 0.4) is 0 Å². The highest BCUT2D eigenvalue weighted by Gasteiger charge is 2.27. The van der Waals surface area contributed by atoms with Gasteiger partial charge in [-0.1, -0.05) is 30.3 Å². The van der Waals surface area contributed by atoms with Crippen molar-refractivity contribution in [2.75, 3.05) is 38.2 Å². The SMILES string of the molecule is COc1ccccc1N1CCN(C(=O)c2sc3ncn(Cc4ccccc4F)c(=O)c3c2C)CC1. The first kappa shape index (κ1) is 23.0. The van der Waals surface area contributed by atoms with Crippen molar-refractivity contribution in [1.82, 2.24) is 14.5 Å². The fourth-order valence-electron chi connectivity index (χ4n) is 4.47. The topological polar surface area (TPSA) is 67.7 Å². The second-order valence-electron chi connectivity index (χ2n) is 8.46. The van der Waals surface area contributed by atoms with Crippen molar-refractivity contribution in [1.29, 1.82) is 0 Å². The van der Waals surface area contributed by atoms with Crippen molar-refractivity contribution < 1.29 is 13.9 Å². The van der Waals surface area contributed by atoms with Crippen LogP contribution in [0.1, 0.15) is 20.8 Å². The predicted molar refractivity (Wildman–Crippen MR) is 135 cm³/mol. The Balaban J connectivity index is 1.37. The van der Waals surface area contributed by atoms with Crippen molar-refractivity contribution in [2.24, 2.45) is 0 Å². The van der Waals surface area contributed by atoms with Crippen LogP contribution in [0, 0.1) is 12.7 Å². The zero-order valence-corrected chi connectivity index (χ0v) is 20.3. The Labute approximate surface area is 206 Å². The second-order valence-corrected chi connectivity index (χ2v) is 9.46. The monoisotopic (exact) mass is 492 g/mol. The standard InChI is InChI=1S/C26H25FN4O3S/c1-17-22-24(28-16-31(25(22)32)15-18-7-3-4-8-19(18)27)35-23(17)26(33)30-13-11-29(12-14-30)20-9-5-6-10-21(20)34-2/h3-10,16H,11-15H2,1-2H3. The third kappa shape index (κ3) is 4.27. The Morgan fingerprint density at radius 3 is 2.54 bits per heavy atom. The molecule has 0 radical (unpaired) electrons. The van der Waals surface area contributed by atoms with E-state index < -0.39 is 0 Å². The number of carbonyl (C=O) groups excluding carboxylic acids is 1. The Kier molecular flexibility index (Phi) is 6.25. The minimum absolute atomic E-state index is 0.0813. The van der Waals surface area contributed by atoms with Crippen LogP contribution in [0.2, 0.25) is 0 Å². The fourth-order valence-corrected chi connectivity index (χ4v) is 5.58. The summed E-state index contributed by atoms with van der Waals surface area (Å²) in [6.45, 7) is 4.37. The summed E-state index contributed by atoms with van der Waals surface area (Å²) in [6.07, 6.45) is 1.42. The van der Waals surface area contributed by atoms with Gasteiger partial charge in [-0.2, -0.15) is 0 Å². The third-order valence-corrected chi connectivity index (χ3v) is 7.59. The highest BCUT2D eigenvalue weighted by molar-refractivity contribution is 7.20. The number of thiophene rings is 1. The zero-order valence-electron chi connectivity index (χ0n) is 19.5. The molecule has 4 aromatic rings. The molecule has 7 nitrogen and oxygen atoms in total. The molecule has 0 N–H and O–H groups in total. The van der Waals surface area contributed by atoms with E-state index in [9.17, 15) is 14.0 Å². The molecule has 0 saturated carbocycles. The first-order valence-electron chi connectivity index (χ1n) is 11.4. The lowest BCUT2D eigenvalue weighted by molar-refractivity contribution is 0.0751. The normalized spacial score (nSPS) is 13.9. The number of rotatable bonds is 5. The van der Waals surface area contributed by atoms with Crippen LogP contribution >= 0.6 is 11.3 Å². The molecule has 2 aromatic carbocycles. The lowest BCUT2D eigenvalue weighted by Gasteiger charge is -2.36. The second kappa shape index (κ2) is 9.50. The Morgan fingerprint density at radius 1 is 1.09 bits per heavy atom. The number of fused-ring (bicyclic) bond motifs is 1. The van der Waals surface area contributed by atoms with E-state index in [0.717, 1.165) is 11.4 Å². The largest absolute Gasteiger partial charge is 0.495 e. The van der Waals surface area contributed by atoms with E-state index in [1.54, 1.807) is 32.2 Å². The first-order chi connectivity index (χ1) is 17.0. The summed E-state index contributed by atoms with van der Waals surface area (Å²) in [6, 6.07) is 14.2. The van der Waals surface area contributed by atoms with Gasteiger partial charge in [0, 0.05) is 31.7 Å². The molecule has 1 fully saturated rings. The van der Waals surface area contributed by atoms with Crippen molar-refractivity contribution in [3.05, 3.63) is 87.0 Å². The van der Waals surface area contributed by atoms with Crippen LogP contribution < -0.4 is 15.2 Å². The summed E-state index contributed by atoms with van der Waals surface area (Å²) >= 11 is 1.24. The average Bonchev–Trinajstić information content (AvgIpc) is 3.23. The molecule has 1 aliphatic heterocycles. The molecule has 0 aliphatic carbocycles. The molecule has 1 aliphatic rings. The molecule has 0 spiro atoms. The van der Waals surface area contributed by atoms with Gasteiger partial charge in [-0.25, -0.2) is 9.37 Å². The molecule has 1 amide bonds. The molecule has 9 heteroatoms. The maximum absolute atomic E-state index is 14.1. The van der Waals surface area contributed by atoms with Gasteiger partial charge in [0.15, 0.2) is 0 Å². The number of halogens is 1. The molecule has 5 rings (SSSR count). The number of nitrogens with zero attached hydrogens (tertiary/aromatic N) is 4. The van der Waals surface area contributed by atoms with E-state index in [1.807, 2.05) is 29.2 Å². The Bertz CT molecular complexity index is 1460. The summed E-state index contributed by atoms with van der Waals surface area (Å²) < 4.78 is 21.0. The molecule has 0 unspecified atom stereocenters. The van der Waals surface area contributed by atoms with Gasteiger partial charge in [-0.3, -0.25) is 14.2 Å². The van der Waals surface area contributed by atoms with Gasteiger partial charge >= 0.3 is 0 Å². The van der Waals surface area contributed by atoms with E-state index in [1.165, 1.54) is 28.3 Å².